The molecule has 0 saturated carbocycles. The maximum absolute atomic E-state index is 13.6. The first-order valence-corrected chi connectivity index (χ1v) is 10.4. The number of carbonyl (C=O) groups is 1. The number of imidazole rings is 1. The van der Waals surface area contributed by atoms with Crippen LogP contribution in [-0.4, -0.2) is 27.2 Å². The molecular formula is C24H27N3O3. The van der Waals surface area contributed by atoms with Crippen LogP contribution in [0.3, 0.4) is 0 Å². The van der Waals surface area contributed by atoms with Crippen molar-refractivity contribution in [2.24, 2.45) is 0 Å². The van der Waals surface area contributed by atoms with E-state index in [0.717, 1.165) is 40.3 Å². The molecule has 0 aliphatic carbocycles. The van der Waals surface area contributed by atoms with Gasteiger partial charge in [0.1, 0.15) is 0 Å². The lowest BCUT2D eigenvalue weighted by atomic mass is 10.1. The molecule has 0 radical (unpaired) electrons. The minimum Gasteiger partial charge on any atom is -0.469 e. The second-order valence-corrected chi connectivity index (χ2v) is 7.76. The van der Waals surface area contributed by atoms with Gasteiger partial charge in [0, 0.05) is 23.1 Å². The number of benzene rings is 2. The molecule has 6 nitrogen and oxygen atoms in total. The summed E-state index contributed by atoms with van der Waals surface area (Å²) in [5.41, 5.74) is 4.94. The molecule has 0 bridgehead atoms. The quantitative estimate of drug-likeness (QED) is 0.459. The summed E-state index contributed by atoms with van der Waals surface area (Å²) in [4.78, 5) is 28.9. The van der Waals surface area contributed by atoms with Crippen LogP contribution in [0.25, 0.3) is 21.9 Å². The maximum Gasteiger partial charge on any atom is 0.329 e. The van der Waals surface area contributed by atoms with Gasteiger partial charge >= 0.3 is 11.7 Å². The SMILES string of the molecule is CCCC(CC(=O)OC)n1c(=O)n(Cc2c[nH]c3cccc(C)c23)c2ccccc21. The van der Waals surface area contributed by atoms with Crippen LogP contribution in [-0.2, 0) is 16.1 Å². The van der Waals surface area contributed by atoms with Crippen LogP contribution in [0.5, 0.6) is 0 Å². The van der Waals surface area contributed by atoms with Crippen molar-refractivity contribution in [3.05, 3.63) is 70.3 Å². The van der Waals surface area contributed by atoms with Crippen LogP contribution in [0.2, 0.25) is 0 Å². The number of H-pyrrole nitrogens is 1. The summed E-state index contributed by atoms with van der Waals surface area (Å²) < 4.78 is 8.47. The molecule has 0 spiro atoms. The van der Waals surface area contributed by atoms with Gasteiger partial charge in [-0.3, -0.25) is 13.9 Å². The van der Waals surface area contributed by atoms with E-state index in [4.69, 9.17) is 4.74 Å². The Hall–Kier alpha value is -3.28. The first-order chi connectivity index (χ1) is 14.5. The van der Waals surface area contributed by atoms with Crippen molar-refractivity contribution in [1.82, 2.24) is 14.1 Å². The molecule has 1 unspecified atom stereocenters. The zero-order chi connectivity index (χ0) is 21.3. The van der Waals surface area contributed by atoms with Crippen LogP contribution in [0.15, 0.2) is 53.5 Å². The van der Waals surface area contributed by atoms with Crippen molar-refractivity contribution in [1.29, 1.82) is 0 Å². The molecule has 0 saturated heterocycles. The summed E-state index contributed by atoms with van der Waals surface area (Å²) in [5, 5.41) is 1.15. The predicted octanol–water partition coefficient (Wildman–Crippen LogP) is 4.55. The lowest BCUT2D eigenvalue weighted by Gasteiger charge is -2.17. The zero-order valence-corrected chi connectivity index (χ0v) is 17.6. The normalized spacial score (nSPS) is 12.5. The van der Waals surface area contributed by atoms with Gasteiger partial charge in [-0.15, -0.1) is 0 Å². The number of rotatable bonds is 7. The summed E-state index contributed by atoms with van der Waals surface area (Å²) in [6.07, 6.45) is 3.77. The number of para-hydroxylation sites is 2. The van der Waals surface area contributed by atoms with Crippen LogP contribution in [0.4, 0.5) is 0 Å². The van der Waals surface area contributed by atoms with Gasteiger partial charge in [-0.05, 0) is 42.7 Å². The number of aryl methyl sites for hydroxylation is 1. The van der Waals surface area contributed by atoms with Gasteiger partial charge in [-0.2, -0.15) is 0 Å². The molecule has 0 amide bonds. The topological polar surface area (TPSA) is 69.0 Å². The number of hydrogen-bond acceptors (Lipinski definition) is 3. The molecule has 2 heterocycles. The first-order valence-electron chi connectivity index (χ1n) is 10.4. The number of aromatic nitrogens is 3. The Balaban J connectivity index is 1.86. The molecule has 4 aromatic rings. The van der Waals surface area contributed by atoms with E-state index in [1.807, 2.05) is 47.2 Å². The van der Waals surface area contributed by atoms with Crippen molar-refractivity contribution >= 4 is 27.9 Å². The number of aromatic amines is 1. The van der Waals surface area contributed by atoms with E-state index in [2.05, 4.69) is 24.9 Å². The van der Waals surface area contributed by atoms with E-state index >= 15 is 0 Å². The van der Waals surface area contributed by atoms with Gasteiger partial charge in [-0.1, -0.05) is 37.6 Å². The van der Waals surface area contributed by atoms with E-state index in [-0.39, 0.29) is 24.1 Å². The Bertz CT molecular complexity index is 1260. The van der Waals surface area contributed by atoms with Crippen LogP contribution in [0, 0.1) is 6.92 Å². The number of nitrogens with zero attached hydrogens (tertiary/aromatic N) is 2. The first kappa shape index (κ1) is 20.0. The van der Waals surface area contributed by atoms with Crippen molar-refractivity contribution in [2.75, 3.05) is 7.11 Å². The fourth-order valence-electron chi connectivity index (χ4n) is 4.42. The minimum absolute atomic E-state index is 0.0958. The van der Waals surface area contributed by atoms with E-state index < -0.39 is 0 Å². The lowest BCUT2D eigenvalue weighted by Crippen LogP contribution is -2.29. The van der Waals surface area contributed by atoms with Crippen molar-refractivity contribution in [2.45, 2.75) is 45.7 Å². The summed E-state index contributed by atoms with van der Waals surface area (Å²) >= 11 is 0. The minimum atomic E-state index is -0.301. The molecule has 0 fully saturated rings. The van der Waals surface area contributed by atoms with E-state index in [9.17, 15) is 9.59 Å². The number of nitrogens with one attached hydrogen (secondary N) is 1. The highest BCUT2D eigenvalue weighted by atomic mass is 16.5. The third-order valence-electron chi connectivity index (χ3n) is 5.81. The molecule has 2 aromatic carbocycles. The summed E-state index contributed by atoms with van der Waals surface area (Å²) in [7, 11) is 1.39. The molecule has 4 rings (SSSR count). The Kier molecular flexibility index (Phi) is 5.48. The third-order valence-corrected chi connectivity index (χ3v) is 5.81. The Morgan fingerprint density at radius 3 is 2.63 bits per heavy atom. The van der Waals surface area contributed by atoms with Gasteiger partial charge in [0.2, 0.25) is 0 Å². The Morgan fingerprint density at radius 1 is 1.13 bits per heavy atom. The summed E-state index contributed by atoms with van der Waals surface area (Å²) in [6.45, 7) is 4.61. The van der Waals surface area contributed by atoms with E-state index in [1.165, 1.54) is 12.7 Å². The van der Waals surface area contributed by atoms with Gasteiger partial charge in [0.15, 0.2) is 0 Å². The predicted molar refractivity (Wildman–Crippen MR) is 119 cm³/mol. The largest absolute Gasteiger partial charge is 0.469 e. The second-order valence-electron chi connectivity index (χ2n) is 7.76. The van der Waals surface area contributed by atoms with Crippen molar-refractivity contribution in [3.63, 3.8) is 0 Å². The van der Waals surface area contributed by atoms with Gasteiger partial charge < -0.3 is 9.72 Å². The standard InChI is InChI=1S/C24H27N3O3/c1-4-8-18(13-22(28)30-3)27-21-12-6-5-11-20(21)26(24(27)29)15-17-14-25-19-10-7-9-16(2)23(17)19/h5-7,9-12,14,18,25H,4,8,13,15H2,1-3H3. The number of ether oxygens (including phenoxy) is 1. The average molecular weight is 405 g/mol. The summed E-state index contributed by atoms with van der Waals surface area (Å²) in [6, 6.07) is 13.7. The van der Waals surface area contributed by atoms with Gasteiger partial charge in [0.05, 0.1) is 31.1 Å². The molecule has 1 N–H and O–H groups in total. The number of esters is 1. The van der Waals surface area contributed by atoms with Crippen LogP contribution >= 0.6 is 0 Å². The smallest absolute Gasteiger partial charge is 0.329 e. The molecule has 2 aromatic heterocycles. The van der Waals surface area contributed by atoms with Crippen molar-refractivity contribution in [3.8, 4) is 0 Å². The Morgan fingerprint density at radius 2 is 1.90 bits per heavy atom. The van der Waals surface area contributed by atoms with Crippen molar-refractivity contribution < 1.29 is 9.53 Å². The number of hydrogen-bond donors (Lipinski definition) is 1. The van der Waals surface area contributed by atoms with Gasteiger partial charge in [-0.25, -0.2) is 4.79 Å². The molecular weight excluding hydrogens is 378 g/mol. The number of methoxy groups -OCH3 is 1. The van der Waals surface area contributed by atoms with Gasteiger partial charge in [0.25, 0.3) is 0 Å². The maximum atomic E-state index is 13.6. The fourth-order valence-corrected chi connectivity index (χ4v) is 4.42. The van der Waals surface area contributed by atoms with E-state index in [0.29, 0.717) is 6.54 Å². The average Bonchev–Trinajstić information content (AvgIpc) is 3.28. The third kappa shape index (κ3) is 3.43. The second kappa shape index (κ2) is 8.22. The molecule has 0 aliphatic heterocycles. The highest BCUT2D eigenvalue weighted by molar-refractivity contribution is 5.86. The van der Waals surface area contributed by atoms with Crippen LogP contribution in [0.1, 0.15) is 43.4 Å². The molecule has 30 heavy (non-hydrogen) atoms. The summed E-state index contributed by atoms with van der Waals surface area (Å²) in [5.74, 6) is -0.301. The zero-order valence-electron chi connectivity index (χ0n) is 17.6. The van der Waals surface area contributed by atoms with E-state index in [1.54, 1.807) is 4.57 Å². The number of fused-ring (bicyclic) bond motifs is 2. The number of carbonyl (C=O) groups excluding carboxylic acids is 1. The molecule has 0 aliphatic rings. The molecule has 1 atom stereocenters. The lowest BCUT2D eigenvalue weighted by molar-refractivity contribution is -0.141. The fraction of sp³-hybridized carbons (Fsp3) is 0.333. The molecule has 156 valence electrons. The molecule has 6 heteroatoms. The highest BCUT2D eigenvalue weighted by Crippen LogP contribution is 2.26. The monoisotopic (exact) mass is 405 g/mol. The van der Waals surface area contributed by atoms with Crippen LogP contribution < -0.4 is 5.69 Å². The highest BCUT2D eigenvalue weighted by Gasteiger charge is 2.23. The Labute approximate surface area is 175 Å².